The Kier molecular flexibility index (Phi) is 4.58. The smallest absolute Gasteiger partial charge is 0.129 e. The predicted molar refractivity (Wildman–Crippen MR) is 78.5 cm³/mol. The highest BCUT2D eigenvalue weighted by molar-refractivity contribution is 7.11. The van der Waals surface area contributed by atoms with E-state index in [1.54, 1.807) is 18.3 Å². The van der Waals surface area contributed by atoms with E-state index in [1.165, 1.54) is 9.75 Å². The summed E-state index contributed by atoms with van der Waals surface area (Å²) in [5.74, 6) is 0.740. The molecule has 3 nitrogen and oxygen atoms in total. The van der Waals surface area contributed by atoms with Crippen LogP contribution in [0.5, 0.6) is 5.75 Å². The lowest BCUT2D eigenvalue weighted by atomic mass is 10.1. The third kappa shape index (κ3) is 3.35. The van der Waals surface area contributed by atoms with Crippen molar-refractivity contribution in [2.75, 3.05) is 0 Å². The highest BCUT2D eigenvalue weighted by Crippen LogP contribution is 2.23. The van der Waals surface area contributed by atoms with E-state index < -0.39 is 0 Å². The van der Waals surface area contributed by atoms with Crippen molar-refractivity contribution in [3.05, 3.63) is 51.7 Å². The second kappa shape index (κ2) is 6.38. The fourth-order valence-corrected chi connectivity index (χ4v) is 2.66. The molecule has 0 aliphatic carbocycles. The van der Waals surface area contributed by atoms with Crippen molar-refractivity contribution in [1.29, 1.82) is 0 Å². The first-order chi connectivity index (χ1) is 9.24. The van der Waals surface area contributed by atoms with Crippen LogP contribution in [-0.4, -0.2) is 10.9 Å². The number of nitrogens with zero attached hydrogens (tertiary/aromatic N) is 1. The zero-order valence-electron chi connectivity index (χ0n) is 11.1. The van der Waals surface area contributed by atoms with Gasteiger partial charge in [0.1, 0.15) is 12.4 Å². The maximum Gasteiger partial charge on any atom is 0.129 e. The highest BCUT2D eigenvalue weighted by Gasteiger charge is 2.07. The molecule has 0 aliphatic rings. The number of rotatable bonds is 5. The van der Waals surface area contributed by atoms with Gasteiger partial charge >= 0.3 is 0 Å². The summed E-state index contributed by atoms with van der Waals surface area (Å²) in [6.45, 7) is 4.44. The molecule has 0 bridgehead atoms. The maximum atomic E-state index is 8.87. The number of hydrogen-bond acceptors (Lipinski definition) is 4. The van der Waals surface area contributed by atoms with E-state index in [2.05, 4.69) is 24.2 Å². The summed E-state index contributed by atoms with van der Waals surface area (Å²) < 4.78 is 5.82. The Labute approximate surface area is 117 Å². The first-order valence-corrected chi connectivity index (χ1v) is 7.04. The van der Waals surface area contributed by atoms with Crippen molar-refractivity contribution in [3.63, 3.8) is 0 Å². The Morgan fingerprint density at radius 1 is 1.21 bits per heavy atom. The average Bonchev–Trinajstić information content (AvgIpc) is 2.92. The Bertz CT molecular complexity index is 575. The molecule has 1 aromatic carbocycles. The lowest BCUT2D eigenvalue weighted by Crippen LogP contribution is -2.01. The minimum absolute atomic E-state index is 0.542. The zero-order chi connectivity index (χ0) is 13.7. The molecule has 0 aliphatic heterocycles. The molecular weight excluding hydrogens is 258 g/mol. The molecule has 0 spiro atoms. The van der Waals surface area contributed by atoms with Gasteiger partial charge in [-0.15, -0.1) is 11.3 Å². The normalized spacial score (nSPS) is 11.6. The van der Waals surface area contributed by atoms with Crippen LogP contribution in [0, 0.1) is 0 Å². The van der Waals surface area contributed by atoms with Gasteiger partial charge in [0.05, 0.1) is 5.71 Å². The van der Waals surface area contributed by atoms with Crippen LogP contribution < -0.4 is 4.74 Å². The number of para-hydroxylation sites is 1. The molecule has 0 unspecified atom stereocenters. The molecule has 1 heterocycles. The Balaban J connectivity index is 2.11. The third-order valence-corrected chi connectivity index (χ3v) is 4.07. The van der Waals surface area contributed by atoms with Crippen LogP contribution in [0.4, 0.5) is 0 Å². The lowest BCUT2D eigenvalue weighted by Gasteiger charge is -2.09. The van der Waals surface area contributed by atoms with E-state index in [-0.39, 0.29) is 0 Å². The summed E-state index contributed by atoms with van der Waals surface area (Å²) in [6, 6.07) is 11.8. The van der Waals surface area contributed by atoms with Crippen LogP contribution in [-0.2, 0) is 13.0 Å². The summed E-state index contributed by atoms with van der Waals surface area (Å²) in [4.78, 5) is 2.56. The number of benzene rings is 1. The van der Waals surface area contributed by atoms with Crippen LogP contribution >= 0.6 is 11.3 Å². The molecule has 0 saturated heterocycles. The summed E-state index contributed by atoms with van der Waals surface area (Å²) in [5, 5.41) is 12.1. The van der Waals surface area contributed by atoms with Crippen LogP contribution in [0.2, 0.25) is 0 Å². The largest absolute Gasteiger partial charge is 0.487 e. The minimum atomic E-state index is 0.542. The van der Waals surface area contributed by atoms with Gasteiger partial charge in [-0.3, -0.25) is 0 Å². The average molecular weight is 275 g/mol. The molecule has 19 heavy (non-hydrogen) atoms. The number of thiophene rings is 1. The zero-order valence-corrected chi connectivity index (χ0v) is 11.9. The Hall–Kier alpha value is -1.81. The molecule has 100 valence electrons. The van der Waals surface area contributed by atoms with Gasteiger partial charge in [-0.1, -0.05) is 24.2 Å². The second-order valence-corrected chi connectivity index (χ2v) is 5.44. The summed E-state index contributed by atoms with van der Waals surface area (Å²) >= 11 is 1.77. The van der Waals surface area contributed by atoms with Gasteiger partial charge in [0.15, 0.2) is 0 Å². The Morgan fingerprint density at radius 2 is 1.95 bits per heavy atom. The fraction of sp³-hybridized carbons (Fsp3) is 0.267. The minimum Gasteiger partial charge on any atom is -0.487 e. The van der Waals surface area contributed by atoms with Gasteiger partial charge < -0.3 is 9.94 Å². The fourth-order valence-electron chi connectivity index (χ4n) is 1.78. The molecule has 0 radical (unpaired) electrons. The van der Waals surface area contributed by atoms with Gasteiger partial charge in [-0.05, 0) is 37.6 Å². The molecule has 0 amide bonds. The van der Waals surface area contributed by atoms with Gasteiger partial charge in [0, 0.05) is 15.3 Å². The monoisotopic (exact) mass is 275 g/mol. The van der Waals surface area contributed by atoms with Gasteiger partial charge in [0.2, 0.25) is 0 Å². The summed E-state index contributed by atoms with van der Waals surface area (Å²) in [6.07, 6.45) is 1.05. The van der Waals surface area contributed by atoms with E-state index in [1.807, 2.05) is 24.3 Å². The molecule has 2 rings (SSSR count). The van der Waals surface area contributed by atoms with Crippen molar-refractivity contribution in [3.8, 4) is 5.75 Å². The first-order valence-electron chi connectivity index (χ1n) is 6.23. The Morgan fingerprint density at radius 3 is 2.63 bits per heavy atom. The second-order valence-electron chi connectivity index (χ2n) is 4.19. The predicted octanol–water partition coefficient (Wildman–Crippen LogP) is 4.09. The third-order valence-electron chi connectivity index (χ3n) is 2.86. The molecular formula is C15H17NO2S. The van der Waals surface area contributed by atoms with Crippen molar-refractivity contribution in [2.24, 2.45) is 5.16 Å². The van der Waals surface area contributed by atoms with Gasteiger partial charge in [-0.25, -0.2) is 0 Å². The summed E-state index contributed by atoms with van der Waals surface area (Å²) in [5.41, 5.74) is 1.37. The van der Waals surface area contributed by atoms with E-state index in [0.29, 0.717) is 12.3 Å². The molecule has 1 aromatic heterocycles. The van der Waals surface area contributed by atoms with Crippen molar-refractivity contribution in [2.45, 2.75) is 26.9 Å². The van der Waals surface area contributed by atoms with Crippen molar-refractivity contribution >= 4 is 17.0 Å². The SMILES string of the molecule is CCc1ccc(COc2ccccc2/C(C)=N/O)s1. The van der Waals surface area contributed by atoms with Crippen LogP contribution in [0.25, 0.3) is 0 Å². The topological polar surface area (TPSA) is 41.8 Å². The molecule has 2 aromatic rings. The molecule has 0 saturated carbocycles. The molecule has 4 heteroatoms. The molecule has 0 atom stereocenters. The first kappa shape index (κ1) is 13.6. The van der Waals surface area contributed by atoms with Crippen molar-refractivity contribution < 1.29 is 9.94 Å². The number of hydrogen-bond donors (Lipinski definition) is 1. The van der Waals surface area contributed by atoms with Crippen molar-refractivity contribution in [1.82, 2.24) is 0 Å². The molecule has 0 fully saturated rings. The van der Waals surface area contributed by atoms with E-state index >= 15 is 0 Å². The van der Waals surface area contributed by atoms with E-state index in [0.717, 1.165) is 17.7 Å². The molecule has 1 N–H and O–H groups in total. The van der Waals surface area contributed by atoms with Gasteiger partial charge in [-0.2, -0.15) is 0 Å². The quantitative estimate of drug-likeness (QED) is 0.507. The number of aryl methyl sites for hydroxylation is 1. The number of oxime groups is 1. The van der Waals surface area contributed by atoms with Crippen LogP contribution in [0.3, 0.4) is 0 Å². The summed E-state index contributed by atoms with van der Waals surface area (Å²) in [7, 11) is 0. The van der Waals surface area contributed by atoms with E-state index in [9.17, 15) is 0 Å². The highest BCUT2D eigenvalue weighted by atomic mass is 32.1. The standard InChI is InChI=1S/C15H17NO2S/c1-3-12-8-9-13(19-12)10-18-15-7-5-4-6-14(15)11(2)16-17/h4-9,17H,3,10H2,1-2H3/b16-11+. The maximum absolute atomic E-state index is 8.87. The number of ether oxygens (including phenoxy) is 1. The van der Waals surface area contributed by atoms with Crippen LogP contribution in [0.1, 0.15) is 29.2 Å². The van der Waals surface area contributed by atoms with Crippen LogP contribution in [0.15, 0.2) is 41.6 Å². The van der Waals surface area contributed by atoms with Gasteiger partial charge in [0.25, 0.3) is 0 Å². The lowest BCUT2D eigenvalue weighted by molar-refractivity contribution is 0.306. The van der Waals surface area contributed by atoms with E-state index in [4.69, 9.17) is 9.94 Å².